The second-order valence-corrected chi connectivity index (χ2v) is 4.84. The van der Waals surface area contributed by atoms with Gasteiger partial charge in [0.25, 0.3) is 5.91 Å². The van der Waals surface area contributed by atoms with Gasteiger partial charge in [-0.3, -0.25) is 9.59 Å². The maximum atomic E-state index is 12.0. The normalized spacial score (nSPS) is 9.83. The van der Waals surface area contributed by atoms with E-state index in [9.17, 15) is 9.59 Å². The summed E-state index contributed by atoms with van der Waals surface area (Å²) < 4.78 is 0.888. The van der Waals surface area contributed by atoms with E-state index in [-0.39, 0.29) is 5.91 Å². The molecule has 0 heterocycles. The summed E-state index contributed by atoms with van der Waals surface area (Å²) in [5, 5.41) is 2.77. The van der Waals surface area contributed by atoms with Crippen LogP contribution in [0.4, 0.5) is 5.69 Å². The van der Waals surface area contributed by atoms with Crippen LogP contribution < -0.4 is 5.32 Å². The summed E-state index contributed by atoms with van der Waals surface area (Å²) in [6.07, 6.45) is 0.752. The summed E-state index contributed by atoms with van der Waals surface area (Å²) in [5.74, 6) is -0.178. The quantitative estimate of drug-likeness (QED) is 0.681. The van der Waals surface area contributed by atoms with E-state index in [1.54, 1.807) is 30.3 Å². The Morgan fingerprint density at radius 3 is 2.61 bits per heavy atom. The molecule has 90 valence electrons. The first-order valence-electron chi connectivity index (χ1n) is 5.32. The minimum absolute atomic E-state index is 0.178. The van der Waals surface area contributed by atoms with Crippen LogP contribution in [0, 0.1) is 3.57 Å². The Bertz CT molecular complexity index is 596. The van der Waals surface area contributed by atoms with E-state index in [1.807, 2.05) is 18.2 Å². The first-order valence-corrected chi connectivity index (χ1v) is 6.39. The lowest BCUT2D eigenvalue weighted by Crippen LogP contribution is -2.13. The zero-order valence-electron chi connectivity index (χ0n) is 9.39. The van der Waals surface area contributed by atoms with Crippen LogP contribution in [0.15, 0.2) is 48.5 Å². The van der Waals surface area contributed by atoms with Crippen molar-refractivity contribution in [2.24, 2.45) is 0 Å². The zero-order valence-corrected chi connectivity index (χ0v) is 11.5. The highest BCUT2D eigenvalue weighted by molar-refractivity contribution is 14.1. The van der Waals surface area contributed by atoms with E-state index in [0.29, 0.717) is 16.8 Å². The number of aldehydes is 1. The van der Waals surface area contributed by atoms with Crippen molar-refractivity contribution in [1.29, 1.82) is 0 Å². The van der Waals surface area contributed by atoms with Crippen LogP contribution >= 0.6 is 22.6 Å². The molecule has 4 heteroatoms. The standard InChI is InChI=1S/C14H10INO2/c15-13-7-2-1-6-12(13)14(18)16-11-5-3-4-10(8-11)9-17/h1-9H,(H,16,18). The van der Waals surface area contributed by atoms with Gasteiger partial charge in [-0.05, 0) is 46.9 Å². The summed E-state index contributed by atoms with van der Waals surface area (Å²) in [7, 11) is 0. The molecule has 0 saturated carbocycles. The first-order chi connectivity index (χ1) is 8.70. The van der Waals surface area contributed by atoms with Gasteiger partial charge in [0.05, 0.1) is 5.56 Å². The van der Waals surface area contributed by atoms with Crippen molar-refractivity contribution in [3.8, 4) is 0 Å². The summed E-state index contributed by atoms with van der Waals surface area (Å²) in [4.78, 5) is 22.7. The number of benzene rings is 2. The molecule has 3 nitrogen and oxygen atoms in total. The molecule has 0 bridgehead atoms. The van der Waals surface area contributed by atoms with Crippen molar-refractivity contribution in [3.63, 3.8) is 0 Å². The maximum absolute atomic E-state index is 12.0. The third kappa shape index (κ3) is 2.95. The summed E-state index contributed by atoms with van der Waals surface area (Å²) in [5.41, 5.74) is 1.77. The fourth-order valence-electron chi connectivity index (χ4n) is 1.53. The smallest absolute Gasteiger partial charge is 0.256 e. The summed E-state index contributed by atoms with van der Waals surface area (Å²) >= 11 is 2.12. The number of carbonyl (C=O) groups is 2. The van der Waals surface area contributed by atoms with Gasteiger partial charge < -0.3 is 5.32 Å². The van der Waals surface area contributed by atoms with E-state index in [4.69, 9.17) is 0 Å². The molecule has 0 aliphatic carbocycles. The molecule has 2 aromatic rings. The van der Waals surface area contributed by atoms with E-state index >= 15 is 0 Å². The average molecular weight is 351 g/mol. The Balaban J connectivity index is 2.21. The van der Waals surface area contributed by atoms with Gasteiger partial charge in [0.15, 0.2) is 0 Å². The topological polar surface area (TPSA) is 46.2 Å². The first kappa shape index (κ1) is 12.8. The number of amides is 1. The van der Waals surface area contributed by atoms with Crippen molar-refractivity contribution >= 4 is 40.5 Å². The largest absolute Gasteiger partial charge is 0.322 e. The summed E-state index contributed by atoms with van der Waals surface area (Å²) in [6.45, 7) is 0. The molecular formula is C14H10INO2. The number of anilines is 1. The molecule has 18 heavy (non-hydrogen) atoms. The van der Waals surface area contributed by atoms with Gasteiger partial charge >= 0.3 is 0 Å². The molecule has 1 N–H and O–H groups in total. The predicted octanol–water partition coefficient (Wildman–Crippen LogP) is 3.36. The van der Waals surface area contributed by atoms with Crippen molar-refractivity contribution in [3.05, 3.63) is 63.2 Å². The van der Waals surface area contributed by atoms with Crippen LogP contribution in [-0.4, -0.2) is 12.2 Å². The van der Waals surface area contributed by atoms with Crippen LogP contribution in [0.1, 0.15) is 20.7 Å². The molecular weight excluding hydrogens is 341 g/mol. The third-order valence-corrected chi connectivity index (χ3v) is 3.34. The molecule has 0 radical (unpaired) electrons. The Morgan fingerprint density at radius 2 is 1.89 bits per heavy atom. The molecule has 1 amide bonds. The minimum atomic E-state index is -0.178. The third-order valence-electron chi connectivity index (χ3n) is 2.40. The number of hydrogen-bond acceptors (Lipinski definition) is 2. The Kier molecular flexibility index (Phi) is 4.09. The molecule has 2 aromatic carbocycles. The molecule has 0 fully saturated rings. The number of halogens is 1. The Hall–Kier alpha value is -1.69. The summed E-state index contributed by atoms with van der Waals surface area (Å²) in [6, 6.07) is 14.1. The van der Waals surface area contributed by atoms with Gasteiger partial charge in [0, 0.05) is 14.8 Å². The van der Waals surface area contributed by atoms with Crippen molar-refractivity contribution in [2.45, 2.75) is 0 Å². The van der Waals surface area contributed by atoms with Gasteiger partial charge in [0.1, 0.15) is 6.29 Å². The molecule has 0 unspecified atom stereocenters. The van der Waals surface area contributed by atoms with Crippen molar-refractivity contribution in [1.82, 2.24) is 0 Å². The molecule has 0 spiro atoms. The SMILES string of the molecule is O=Cc1cccc(NC(=O)c2ccccc2I)c1. The second kappa shape index (κ2) is 5.77. The lowest BCUT2D eigenvalue weighted by molar-refractivity contribution is 0.102. The molecule has 0 saturated heterocycles. The highest BCUT2D eigenvalue weighted by atomic mass is 127. The van der Waals surface area contributed by atoms with E-state index < -0.39 is 0 Å². The number of hydrogen-bond donors (Lipinski definition) is 1. The average Bonchev–Trinajstić information content (AvgIpc) is 2.39. The highest BCUT2D eigenvalue weighted by Crippen LogP contribution is 2.15. The van der Waals surface area contributed by atoms with Gasteiger partial charge in [-0.2, -0.15) is 0 Å². The van der Waals surface area contributed by atoms with Gasteiger partial charge in [-0.15, -0.1) is 0 Å². The highest BCUT2D eigenvalue weighted by Gasteiger charge is 2.09. The molecule has 0 atom stereocenters. The van der Waals surface area contributed by atoms with Crippen molar-refractivity contribution < 1.29 is 9.59 Å². The van der Waals surface area contributed by atoms with Gasteiger partial charge in [0.2, 0.25) is 0 Å². The predicted molar refractivity (Wildman–Crippen MR) is 78.9 cm³/mol. The van der Waals surface area contributed by atoms with E-state index in [0.717, 1.165) is 9.86 Å². The zero-order chi connectivity index (χ0) is 13.0. The molecule has 0 aliphatic rings. The van der Waals surface area contributed by atoms with Crippen molar-refractivity contribution in [2.75, 3.05) is 5.32 Å². The molecule has 2 rings (SSSR count). The van der Waals surface area contributed by atoms with Crippen LogP contribution in [0.25, 0.3) is 0 Å². The Morgan fingerprint density at radius 1 is 1.11 bits per heavy atom. The number of nitrogens with one attached hydrogen (secondary N) is 1. The number of carbonyl (C=O) groups excluding carboxylic acids is 2. The van der Waals surface area contributed by atoms with Crippen LogP contribution in [0.5, 0.6) is 0 Å². The maximum Gasteiger partial charge on any atom is 0.256 e. The lowest BCUT2D eigenvalue weighted by atomic mass is 10.2. The number of rotatable bonds is 3. The molecule has 0 aromatic heterocycles. The van der Waals surface area contributed by atoms with Crippen LogP contribution in [0.2, 0.25) is 0 Å². The Labute approximate surface area is 118 Å². The van der Waals surface area contributed by atoms with Crippen LogP contribution in [-0.2, 0) is 0 Å². The second-order valence-electron chi connectivity index (χ2n) is 3.68. The van der Waals surface area contributed by atoms with Gasteiger partial charge in [-0.1, -0.05) is 24.3 Å². The van der Waals surface area contributed by atoms with E-state index in [1.165, 1.54) is 0 Å². The fraction of sp³-hybridized carbons (Fsp3) is 0. The fourth-order valence-corrected chi connectivity index (χ4v) is 2.17. The lowest BCUT2D eigenvalue weighted by Gasteiger charge is -2.07. The minimum Gasteiger partial charge on any atom is -0.322 e. The monoisotopic (exact) mass is 351 g/mol. The van der Waals surface area contributed by atoms with Gasteiger partial charge in [-0.25, -0.2) is 0 Å². The van der Waals surface area contributed by atoms with Crippen LogP contribution in [0.3, 0.4) is 0 Å². The molecule has 0 aliphatic heterocycles. The van der Waals surface area contributed by atoms with E-state index in [2.05, 4.69) is 27.9 Å².